The van der Waals surface area contributed by atoms with E-state index in [0.717, 1.165) is 22.4 Å². The molecule has 2 aliphatic rings. The van der Waals surface area contributed by atoms with Crippen molar-refractivity contribution in [2.45, 2.75) is 26.0 Å². The number of fused-ring (bicyclic) bond motifs is 1. The number of anilines is 2. The third kappa shape index (κ3) is 2.80. The Balaban J connectivity index is 1.58. The van der Waals surface area contributed by atoms with E-state index in [1.165, 1.54) is 4.90 Å². The largest absolute Gasteiger partial charge is 0.273 e. The van der Waals surface area contributed by atoms with E-state index in [2.05, 4.69) is 4.98 Å². The standard InChI is InChI=1S/C24H21N3O3/c1-15-8-9-19(14-16(15)2)26-23(28)20-21(17-10-12-25-13-11-17)27(30-22(20)24(26)29)18-6-4-3-5-7-18/h3-14,20-22H,1-2H3/t20-,21-,22-/m1/s1. The number of aryl methyl sites for hydroxylation is 2. The van der Waals surface area contributed by atoms with Gasteiger partial charge in [0.25, 0.3) is 5.91 Å². The molecule has 3 aromatic rings. The van der Waals surface area contributed by atoms with Gasteiger partial charge in [0.1, 0.15) is 5.92 Å². The molecule has 0 spiro atoms. The molecule has 30 heavy (non-hydrogen) atoms. The lowest BCUT2D eigenvalue weighted by Gasteiger charge is -2.28. The Hall–Kier alpha value is -3.51. The normalized spacial score (nSPS) is 23.2. The Bertz CT molecular complexity index is 1120. The number of carbonyl (C=O) groups is 2. The fraction of sp³-hybridized carbons (Fsp3) is 0.208. The van der Waals surface area contributed by atoms with Crippen molar-refractivity contribution in [2.24, 2.45) is 5.92 Å². The molecule has 3 heterocycles. The molecule has 0 radical (unpaired) electrons. The summed E-state index contributed by atoms with van der Waals surface area (Å²) in [5, 5.41) is 1.69. The molecule has 2 fully saturated rings. The van der Waals surface area contributed by atoms with Gasteiger partial charge in [-0.15, -0.1) is 0 Å². The lowest BCUT2D eigenvalue weighted by Crippen LogP contribution is -2.37. The van der Waals surface area contributed by atoms with Gasteiger partial charge in [-0.1, -0.05) is 24.3 Å². The summed E-state index contributed by atoms with van der Waals surface area (Å²) < 4.78 is 0. The van der Waals surface area contributed by atoms with Gasteiger partial charge in [-0.2, -0.15) is 0 Å². The summed E-state index contributed by atoms with van der Waals surface area (Å²) in [7, 11) is 0. The topological polar surface area (TPSA) is 62.7 Å². The van der Waals surface area contributed by atoms with Crippen molar-refractivity contribution in [3.63, 3.8) is 0 Å². The Morgan fingerprint density at radius 1 is 0.833 bits per heavy atom. The van der Waals surface area contributed by atoms with Crippen LogP contribution in [0, 0.1) is 19.8 Å². The number of rotatable bonds is 3. The molecular formula is C24H21N3O3. The SMILES string of the molecule is Cc1ccc(N2C(=O)[C@@H]3[C@@H](c4ccncc4)N(c4ccccc4)O[C@H]3C2=O)cc1C. The first-order valence-electron chi connectivity index (χ1n) is 9.92. The molecule has 0 bridgehead atoms. The number of hydrogen-bond donors (Lipinski definition) is 0. The van der Waals surface area contributed by atoms with Crippen molar-refractivity contribution in [1.29, 1.82) is 0 Å². The minimum absolute atomic E-state index is 0.242. The second-order valence-corrected chi connectivity index (χ2v) is 7.72. The highest BCUT2D eigenvalue weighted by Gasteiger charge is 2.60. The lowest BCUT2D eigenvalue weighted by atomic mass is 9.91. The van der Waals surface area contributed by atoms with Crippen LogP contribution in [-0.4, -0.2) is 22.9 Å². The van der Waals surface area contributed by atoms with Gasteiger partial charge in [0.15, 0.2) is 6.10 Å². The average molecular weight is 399 g/mol. The van der Waals surface area contributed by atoms with Gasteiger partial charge in [0, 0.05) is 12.4 Å². The second kappa shape index (κ2) is 7.07. The molecule has 2 saturated heterocycles. The maximum absolute atomic E-state index is 13.5. The van der Waals surface area contributed by atoms with E-state index >= 15 is 0 Å². The highest BCUT2D eigenvalue weighted by atomic mass is 16.7. The van der Waals surface area contributed by atoms with E-state index in [1.54, 1.807) is 17.5 Å². The van der Waals surface area contributed by atoms with Gasteiger partial charge in [-0.3, -0.25) is 19.4 Å². The molecule has 2 amide bonds. The minimum Gasteiger partial charge on any atom is -0.273 e. The number of pyridine rings is 1. The Kier molecular flexibility index (Phi) is 4.37. The van der Waals surface area contributed by atoms with Gasteiger partial charge in [-0.25, -0.2) is 9.96 Å². The number of imide groups is 1. The zero-order valence-electron chi connectivity index (χ0n) is 16.7. The van der Waals surface area contributed by atoms with Crippen LogP contribution in [0.25, 0.3) is 0 Å². The molecule has 6 heteroatoms. The van der Waals surface area contributed by atoms with Gasteiger partial charge in [-0.05, 0) is 66.9 Å². The van der Waals surface area contributed by atoms with E-state index < -0.39 is 18.1 Å². The van der Waals surface area contributed by atoms with E-state index in [4.69, 9.17) is 4.84 Å². The molecule has 150 valence electrons. The molecule has 6 nitrogen and oxygen atoms in total. The summed E-state index contributed by atoms with van der Waals surface area (Å²) in [6.45, 7) is 3.97. The number of carbonyl (C=O) groups excluding carboxylic acids is 2. The number of para-hydroxylation sites is 1. The maximum Gasteiger partial charge on any atom is 0.266 e. The molecule has 0 aliphatic carbocycles. The van der Waals surface area contributed by atoms with Crippen LogP contribution in [0.4, 0.5) is 11.4 Å². The van der Waals surface area contributed by atoms with Crippen molar-refractivity contribution >= 4 is 23.2 Å². The molecule has 5 rings (SSSR count). The number of hydroxylamine groups is 1. The summed E-state index contributed by atoms with van der Waals surface area (Å²) in [6.07, 6.45) is 2.51. The van der Waals surface area contributed by atoms with E-state index in [0.29, 0.717) is 5.69 Å². The maximum atomic E-state index is 13.5. The lowest BCUT2D eigenvalue weighted by molar-refractivity contribution is -0.126. The summed E-state index contributed by atoms with van der Waals surface area (Å²) in [4.78, 5) is 38.3. The van der Waals surface area contributed by atoms with Gasteiger partial charge >= 0.3 is 0 Å². The first-order chi connectivity index (χ1) is 14.6. The Morgan fingerprint density at radius 2 is 1.57 bits per heavy atom. The molecule has 0 N–H and O–H groups in total. The molecule has 0 saturated carbocycles. The van der Waals surface area contributed by atoms with Crippen molar-refractivity contribution < 1.29 is 14.4 Å². The van der Waals surface area contributed by atoms with Crippen LogP contribution in [0.2, 0.25) is 0 Å². The predicted octanol–water partition coefficient (Wildman–Crippen LogP) is 3.75. The van der Waals surface area contributed by atoms with E-state index in [1.807, 2.05) is 74.5 Å². The predicted molar refractivity (Wildman–Crippen MR) is 113 cm³/mol. The van der Waals surface area contributed by atoms with Crippen LogP contribution >= 0.6 is 0 Å². The molecule has 0 unspecified atom stereocenters. The van der Waals surface area contributed by atoms with Crippen molar-refractivity contribution in [1.82, 2.24) is 4.98 Å². The van der Waals surface area contributed by atoms with Crippen LogP contribution in [0.3, 0.4) is 0 Å². The van der Waals surface area contributed by atoms with Crippen LogP contribution in [0.5, 0.6) is 0 Å². The summed E-state index contributed by atoms with van der Waals surface area (Å²) in [6, 6.07) is 18.5. The number of benzene rings is 2. The monoisotopic (exact) mass is 399 g/mol. The van der Waals surface area contributed by atoms with Gasteiger partial charge in [0.05, 0.1) is 17.4 Å². The Morgan fingerprint density at radius 3 is 2.27 bits per heavy atom. The molecule has 1 aromatic heterocycles. The molecule has 3 atom stereocenters. The molecular weight excluding hydrogens is 378 g/mol. The smallest absolute Gasteiger partial charge is 0.266 e. The number of amides is 2. The van der Waals surface area contributed by atoms with Crippen LogP contribution < -0.4 is 9.96 Å². The van der Waals surface area contributed by atoms with E-state index in [9.17, 15) is 9.59 Å². The highest BCUT2D eigenvalue weighted by molar-refractivity contribution is 6.24. The molecule has 2 aliphatic heterocycles. The quantitative estimate of drug-likeness (QED) is 0.628. The number of aromatic nitrogens is 1. The summed E-state index contributed by atoms with van der Waals surface area (Å²) in [5.41, 5.74) is 4.41. The first-order valence-corrected chi connectivity index (χ1v) is 9.92. The van der Waals surface area contributed by atoms with Crippen LogP contribution in [0.15, 0.2) is 73.1 Å². The minimum atomic E-state index is -0.863. The zero-order chi connectivity index (χ0) is 20.8. The fourth-order valence-corrected chi connectivity index (χ4v) is 4.23. The fourth-order valence-electron chi connectivity index (χ4n) is 4.23. The highest BCUT2D eigenvalue weighted by Crippen LogP contribution is 2.47. The Labute approximate surface area is 174 Å². The third-order valence-corrected chi connectivity index (χ3v) is 5.92. The first kappa shape index (κ1) is 18.5. The average Bonchev–Trinajstić information content (AvgIpc) is 3.28. The van der Waals surface area contributed by atoms with Crippen molar-refractivity contribution in [3.8, 4) is 0 Å². The van der Waals surface area contributed by atoms with E-state index in [-0.39, 0.29) is 11.8 Å². The number of nitrogens with zero attached hydrogens (tertiary/aromatic N) is 3. The number of hydrogen-bond acceptors (Lipinski definition) is 5. The summed E-state index contributed by atoms with van der Waals surface area (Å²) in [5.74, 6) is -1.21. The van der Waals surface area contributed by atoms with Gasteiger partial charge in [0.2, 0.25) is 5.91 Å². The molecule has 2 aromatic carbocycles. The van der Waals surface area contributed by atoms with Gasteiger partial charge < -0.3 is 0 Å². The second-order valence-electron chi connectivity index (χ2n) is 7.72. The van der Waals surface area contributed by atoms with Crippen molar-refractivity contribution in [2.75, 3.05) is 9.96 Å². The zero-order valence-corrected chi connectivity index (χ0v) is 16.7. The summed E-state index contributed by atoms with van der Waals surface area (Å²) >= 11 is 0. The van der Waals surface area contributed by atoms with Crippen LogP contribution in [0.1, 0.15) is 22.7 Å². The van der Waals surface area contributed by atoms with Crippen molar-refractivity contribution in [3.05, 3.63) is 89.7 Å². The third-order valence-electron chi connectivity index (χ3n) is 5.92. The van der Waals surface area contributed by atoms with Crippen LogP contribution in [-0.2, 0) is 14.4 Å².